The molecule has 0 saturated heterocycles. The standard InChI is InChI=1S/C10H20N6O/c1-10(2,3)6-16(4)8-12-7(15-11)13-9(14-8)17-5/h6,11H2,1-5H3,(H,12,13,14,15). The summed E-state index contributed by atoms with van der Waals surface area (Å²) < 4.78 is 4.99. The fourth-order valence-electron chi connectivity index (χ4n) is 1.45. The molecule has 0 aliphatic carbocycles. The maximum absolute atomic E-state index is 5.29. The second kappa shape index (κ2) is 5.13. The van der Waals surface area contributed by atoms with Crippen LogP contribution in [0, 0.1) is 5.41 Å². The van der Waals surface area contributed by atoms with E-state index in [1.807, 2.05) is 11.9 Å². The summed E-state index contributed by atoms with van der Waals surface area (Å²) in [4.78, 5) is 14.2. The summed E-state index contributed by atoms with van der Waals surface area (Å²) in [6.07, 6.45) is 0. The van der Waals surface area contributed by atoms with E-state index in [9.17, 15) is 0 Å². The minimum Gasteiger partial charge on any atom is -0.467 e. The van der Waals surface area contributed by atoms with Crippen molar-refractivity contribution in [2.75, 3.05) is 31.0 Å². The monoisotopic (exact) mass is 240 g/mol. The lowest BCUT2D eigenvalue weighted by Crippen LogP contribution is -2.31. The molecule has 3 N–H and O–H groups in total. The zero-order valence-electron chi connectivity index (χ0n) is 11.0. The molecule has 1 aromatic heterocycles. The van der Waals surface area contributed by atoms with Crippen LogP contribution in [0.25, 0.3) is 0 Å². The van der Waals surface area contributed by atoms with Crippen LogP contribution in [0.3, 0.4) is 0 Å². The highest BCUT2D eigenvalue weighted by Crippen LogP contribution is 2.19. The Labute approximate surface area is 101 Å². The van der Waals surface area contributed by atoms with Crippen LogP contribution in [0.5, 0.6) is 6.01 Å². The van der Waals surface area contributed by atoms with Crippen LogP contribution in [-0.2, 0) is 0 Å². The van der Waals surface area contributed by atoms with Gasteiger partial charge in [0, 0.05) is 13.6 Å². The molecular formula is C10H20N6O. The van der Waals surface area contributed by atoms with E-state index in [0.717, 1.165) is 6.54 Å². The Balaban J connectivity index is 2.96. The molecule has 0 saturated carbocycles. The summed E-state index contributed by atoms with van der Waals surface area (Å²) in [6, 6.07) is 0.240. The molecule has 0 aromatic carbocycles. The summed E-state index contributed by atoms with van der Waals surface area (Å²) in [5, 5.41) is 0. The number of aromatic nitrogens is 3. The molecule has 0 aliphatic rings. The molecule has 17 heavy (non-hydrogen) atoms. The Morgan fingerprint density at radius 2 is 1.94 bits per heavy atom. The van der Waals surface area contributed by atoms with Gasteiger partial charge in [0.25, 0.3) is 0 Å². The van der Waals surface area contributed by atoms with Crippen molar-refractivity contribution in [3.8, 4) is 6.01 Å². The first-order chi connectivity index (χ1) is 7.85. The van der Waals surface area contributed by atoms with Crippen molar-refractivity contribution < 1.29 is 4.74 Å². The van der Waals surface area contributed by atoms with Crippen molar-refractivity contribution in [3.63, 3.8) is 0 Å². The van der Waals surface area contributed by atoms with E-state index in [1.54, 1.807) is 0 Å². The first kappa shape index (κ1) is 13.4. The fraction of sp³-hybridized carbons (Fsp3) is 0.700. The van der Waals surface area contributed by atoms with Crippen molar-refractivity contribution in [3.05, 3.63) is 0 Å². The molecule has 1 rings (SSSR count). The van der Waals surface area contributed by atoms with E-state index >= 15 is 0 Å². The number of nitrogens with one attached hydrogen (secondary N) is 1. The van der Waals surface area contributed by atoms with E-state index in [1.165, 1.54) is 7.11 Å². The normalized spacial score (nSPS) is 11.2. The van der Waals surface area contributed by atoms with Crippen LogP contribution in [0.2, 0.25) is 0 Å². The average molecular weight is 240 g/mol. The number of hydrogen-bond acceptors (Lipinski definition) is 7. The molecule has 7 nitrogen and oxygen atoms in total. The van der Waals surface area contributed by atoms with Gasteiger partial charge in [0.15, 0.2) is 0 Å². The van der Waals surface area contributed by atoms with Crippen molar-refractivity contribution >= 4 is 11.9 Å². The van der Waals surface area contributed by atoms with Gasteiger partial charge in [-0.3, -0.25) is 5.43 Å². The number of rotatable bonds is 4. The fourth-order valence-corrected chi connectivity index (χ4v) is 1.45. The third kappa shape index (κ3) is 4.03. The van der Waals surface area contributed by atoms with Gasteiger partial charge in [-0.25, -0.2) is 5.84 Å². The van der Waals surface area contributed by atoms with Gasteiger partial charge in [0.1, 0.15) is 0 Å². The Morgan fingerprint density at radius 1 is 1.29 bits per heavy atom. The summed E-state index contributed by atoms with van der Waals surface area (Å²) >= 11 is 0. The first-order valence-electron chi connectivity index (χ1n) is 5.33. The highest BCUT2D eigenvalue weighted by molar-refractivity contribution is 5.37. The van der Waals surface area contributed by atoms with Gasteiger partial charge in [-0.15, -0.1) is 0 Å². The molecule has 0 spiro atoms. The van der Waals surface area contributed by atoms with E-state index < -0.39 is 0 Å². The number of anilines is 2. The predicted octanol–water partition coefficient (Wildman–Crippen LogP) is 0.648. The summed E-state index contributed by atoms with van der Waals surface area (Å²) in [6.45, 7) is 7.24. The lowest BCUT2D eigenvalue weighted by molar-refractivity contribution is 0.376. The van der Waals surface area contributed by atoms with Crippen LogP contribution < -0.4 is 20.9 Å². The van der Waals surface area contributed by atoms with E-state index in [-0.39, 0.29) is 17.4 Å². The number of hydrogen-bond donors (Lipinski definition) is 2. The third-order valence-electron chi connectivity index (χ3n) is 1.97. The quantitative estimate of drug-likeness (QED) is 0.590. The Bertz CT molecular complexity index is 353. The number of nitrogen functional groups attached to an aromatic ring is 1. The predicted molar refractivity (Wildman–Crippen MR) is 66.9 cm³/mol. The molecule has 1 heterocycles. The van der Waals surface area contributed by atoms with Gasteiger partial charge in [-0.1, -0.05) is 20.8 Å². The SMILES string of the molecule is COc1nc(NN)nc(N(C)CC(C)(C)C)n1. The highest BCUT2D eigenvalue weighted by atomic mass is 16.5. The van der Waals surface area contributed by atoms with Crippen LogP contribution in [-0.4, -0.2) is 35.7 Å². The number of hydrazine groups is 1. The summed E-state index contributed by atoms with van der Waals surface area (Å²) in [7, 11) is 3.42. The maximum atomic E-state index is 5.29. The van der Waals surface area contributed by atoms with E-state index in [2.05, 4.69) is 41.1 Å². The minimum absolute atomic E-state index is 0.144. The van der Waals surface area contributed by atoms with Crippen LogP contribution in [0.1, 0.15) is 20.8 Å². The molecular weight excluding hydrogens is 220 g/mol. The zero-order valence-corrected chi connectivity index (χ0v) is 11.0. The Hall–Kier alpha value is -1.63. The average Bonchev–Trinajstić information content (AvgIpc) is 2.26. The van der Waals surface area contributed by atoms with Gasteiger partial charge >= 0.3 is 6.01 Å². The van der Waals surface area contributed by atoms with E-state index in [4.69, 9.17) is 10.6 Å². The Kier molecular flexibility index (Phi) is 4.06. The molecule has 0 radical (unpaired) electrons. The molecule has 0 bridgehead atoms. The third-order valence-corrected chi connectivity index (χ3v) is 1.97. The van der Waals surface area contributed by atoms with E-state index in [0.29, 0.717) is 5.95 Å². The van der Waals surface area contributed by atoms with Gasteiger partial charge in [-0.2, -0.15) is 15.0 Å². The molecule has 0 aliphatic heterocycles. The number of ether oxygens (including phenoxy) is 1. The van der Waals surface area contributed by atoms with Gasteiger partial charge in [0.2, 0.25) is 11.9 Å². The van der Waals surface area contributed by atoms with Crippen molar-refractivity contribution in [2.24, 2.45) is 11.3 Å². The zero-order chi connectivity index (χ0) is 13.1. The van der Waals surface area contributed by atoms with Crippen molar-refractivity contribution in [1.82, 2.24) is 15.0 Å². The number of methoxy groups -OCH3 is 1. The molecule has 0 fully saturated rings. The Morgan fingerprint density at radius 3 is 2.41 bits per heavy atom. The molecule has 96 valence electrons. The highest BCUT2D eigenvalue weighted by Gasteiger charge is 2.17. The summed E-state index contributed by atoms with van der Waals surface area (Å²) in [5.41, 5.74) is 2.53. The van der Waals surface area contributed by atoms with Crippen molar-refractivity contribution in [2.45, 2.75) is 20.8 Å². The van der Waals surface area contributed by atoms with Gasteiger partial charge < -0.3 is 9.64 Å². The molecule has 0 unspecified atom stereocenters. The number of nitrogens with zero attached hydrogens (tertiary/aromatic N) is 4. The van der Waals surface area contributed by atoms with Gasteiger partial charge in [-0.05, 0) is 5.41 Å². The maximum Gasteiger partial charge on any atom is 0.322 e. The van der Waals surface area contributed by atoms with Crippen molar-refractivity contribution in [1.29, 1.82) is 0 Å². The minimum atomic E-state index is 0.144. The molecule has 7 heteroatoms. The smallest absolute Gasteiger partial charge is 0.322 e. The van der Waals surface area contributed by atoms with Crippen LogP contribution in [0.4, 0.5) is 11.9 Å². The van der Waals surface area contributed by atoms with Crippen LogP contribution >= 0.6 is 0 Å². The molecule has 0 amide bonds. The molecule has 1 aromatic rings. The second-order valence-corrected chi connectivity index (χ2v) is 5.01. The van der Waals surface area contributed by atoms with Crippen LogP contribution in [0.15, 0.2) is 0 Å². The molecule has 0 atom stereocenters. The lowest BCUT2D eigenvalue weighted by Gasteiger charge is -2.26. The second-order valence-electron chi connectivity index (χ2n) is 5.01. The van der Waals surface area contributed by atoms with Gasteiger partial charge in [0.05, 0.1) is 7.11 Å². The first-order valence-corrected chi connectivity index (χ1v) is 5.33. The topological polar surface area (TPSA) is 89.2 Å². The lowest BCUT2D eigenvalue weighted by atomic mass is 9.96. The number of nitrogens with two attached hydrogens (primary N) is 1. The summed E-state index contributed by atoms with van der Waals surface area (Å²) in [5.74, 6) is 6.11. The largest absolute Gasteiger partial charge is 0.467 e.